The van der Waals surface area contributed by atoms with Crippen LogP contribution in [-0.4, -0.2) is 56.0 Å². The number of carbonyl (C=O) groups is 2. The molecule has 34 heavy (non-hydrogen) atoms. The number of nitrogens with zero attached hydrogens (tertiary/aromatic N) is 3. The number of carbonyl (C=O) groups excluding carboxylic acids is 2. The molecular weight excluding hydrogens is 473 g/mol. The lowest BCUT2D eigenvalue weighted by Gasteiger charge is -2.36. The normalized spacial score (nSPS) is 16.5. The number of halogens is 2. The summed E-state index contributed by atoms with van der Waals surface area (Å²) in [7, 11) is 0. The van der Waals surface area contributed by atoms with E-state index in [-0.39, 0.29) is 11.8 Å². The van der Waals surface area contributed by atoms with Crippen LogP contribution in [0.2, 0.25) is 10.0 Å². The van der Waals surface area contributed by atoms with Crippen molar-refractivity contribution in [1.82, 2.24) is 4.90 Å². The van der Waals surface area contributed by atoms with Gasteiger partial charge in [0.05, 0.1) is 28.0 Å². The van der Waals surface area contributed by atoms with Gasteiger partial charge in [0.15, 0.2) is 0 Å². The molecule has 0 unspecified atom stereocenters. The topological polar surface area (TPSA) is 53.1 Å². The van der Waals surface area contributed by atoms with Crippen LogP contribution < -0.4 is 14.5 Å². The van der Waals surface area contributed by atoms with Crippen molar-refractivity contribution in [3.05, 3.63) is 52.0 Å². The molecule has 182 valence electrons. The number of hydrogen-bond acceptors (Lipinski definition) is 5. The van der Waals surface area contributed by atoms with Crippen LogP contribution in [0.15, 0.2) is 36.4 Å². The van der Waals surface area contributed by atoms with Crippen LogP contribution in [0.5, 0.6) is 5.75 Å². The minimum Gasteiger partial charge on any atom is -0.494 e. The highest BCUT2D eigenvalue weighted by Gasteiger charge is 2.29. The summed E-state index contributed by atoms with van der Waals surface area (Å²) in [5.74, 6) is 0.407. The number of piperazine rings is 1. The predicted molar refractivity (Wildman–Crippen MR) is 137 cm³/mol. The van der Waals surface area contributed by atoms with E-state index in [0.717, 1.165) is 56.8 Å². The minimum atomic E-state index is -0.166. The number of fused-ring (bicyclic) bond motifs is 1. The molecule has 0 atom stereocenters. The summed E-state index contributed by atoms with van der Waals surface area (Å²) >= 11 is 12.5. The van der Waals surface area contributed by atoms with Crippen LogP contribution in [-0.2, 0) is 16.0 Å². The molecule has 0 aromatic heterocycles. The maximum atomic E-state index is 12.3. The Hall–Kier alpha value is -2.28. The van der Waals surface area contributed by atoms with Gasteiger partial charge in [-0.1, -0.05) is 42.3 Å². The molecule has 0 aliphatic carbocycles. The standard InChI is InChI=1S/C26H31Cl2N3O3/c1-2-24(32)31-23-18-20(10-8-19(23)9-11-25(31)33)34-17-4-3-12-29-13-15-30(16-14-29)22-7-5-6-21(27)26(22)28/h5-8,10,18H,2-4,9,11-17H2,1H3. The number of imide groups is 1. The highest BCUT2D eigenvalue weighted by atomic mass is 35.5. The fourth-order valence-corrected chi connectivity index (χ4v) is 4.96. The summed E-state index contributed by atoms with van der Waals surface area (Å²) in [6, 6.07) is 11.5. The van der Waals surface area contributed by atoms with E-state index in [1.54, 1.807) is 6.92 Å². The summed E-state index contributed by atoms with van der Waals surface area (Å²) in [6.45, 7) is 7.24. The zero-order valence-corrected chi connectivity index (χ0v) is 21.1. The Morgan fingerprint density at radius 2 is 1.79 bits per heavy atom. The first-order chi connectivity index (χ1) is 16.5. The predicted octanol–water partition coefficient (Wildman–Crippen LogP) is 5.19. The number of unbranched alkanes of at least 4 members (excludes halogenated alkanes) is 1. The third-order valence-electron chi connectivity index (χ3n) is 6.49. The second-order valence-electron chi connectivity index (χ2n) is 8.72. The number of anilines is 2. The molecule has 2 aromatic carbocycles. The van der Waals surface area contributed by atoms with E-state index in [1.165, 1.54) is 4.90 Å². The molecule has 2 aliphatic rings. The molecule has 0 radical (unpaired) electrons. The molecule has 2 amide bonds. The smallest absolute Gasteiger partial charge is 0.234 e. The van der Waals surface area contributed by atoms with Gasteiger partial charge in [-0.15, -0.1) is 0 Å². The molecule has 6 nitrogen and oxygen atoms in total. The lowest BCUT2D eigenvalue weighted by atomic mass is 10.0. The average Bonchev–Trinajstić information content (AvgIpc) is 2.85. The quantitative estimate of drug-likeness (QED) is 0.464. The lowest BCUT2D eigenvalue weighted by Crippen LogP contribution is -2.46. The molecule has 8 heteroatoms. The first-order valence-corrected chi connectivity index (χ1v) is 12.8. The molecule has 2 aromatic rings. The monoisotopic (exact) mass is 503 g/mol. The summed E-state index contributed by atoms with van der Waals surface area (Å²) < 4.78 is 5.95. The molecular formula is C26H31Cl2N3O3. The van der Waals surface area contributed by atoms with Gasteiger partial charge in [-0.25, -0.2) is 0 Å². The highest BCUT2D eigenvalue weighted by Crippen LogP contribution is 2.33. The van der Waals surface area contributed by atoms with E-state index in [1.807, 2.05) is 36.4 Å². The van der Waals surface area contributed by atoms with Crippen LogP contribution in [0.4, 0.5) is 11.4 Å². The molecule has 0 N–H and O–H groups in total. The Balaban J connectivity index is 1.21. The minimum absolute atomic E-state index is 0.130. The van der Waals surface area contributed by atoms with Crippen LogP contribution in [0.25, 0.3) is 0 Å². The Morgan fingerprint density at radius 1 is 1.00 bits per heavy atom. The van der Waals surface area contributed by atoms with E-state index < -0.39 is 0 Å². The second kappa shape index (κ2) is 11.4. The van der Waals surface area contributed by atoms with Crippen molar-refractivity contribution in [1.29, 1.82) is 0 Å². The zero-order chi connectivity index (χ0) is 24.1. The summed E-state index contributed by atoms with van der Waals surface area (Å²) in [5, 5.41) is 1.22. The molecule has 2 heterocycles. The number of aryl methyl sites for hydroxylation is 1. The van der Waals surface area contributed by atoms with Crippen LogP contribution >= 0.6 is 23.2 Å². The van der Waals surface area contributed by atoms with Crippen molar-refractivity contribution in [3.63, 3.8) is 0 Å². The van der Waals surface area contributed by atoms with Crippen LogP contribution in [0, 0.1) is 0 Å². The maximum absolute atomic E-state index is 12.3. The lowest BCUT2D eigenvalue weighted by molar-refractivity contribution is -0.126. The number of ether oxygens (including phenoxy) is 1. The third-order valence-corrected chi connectivity index (χ3v) is 7.30. The summed E-state index contributed by atoms with van der Waals surface area (Å²) in [6.07, 6.45) is 3.32. The summed E-state index contributed by atoms with van der Waals surface area (Å²) in [5.41, 5.74) is 2.71. The van der Waals surface area contributed by atoms with Gasteiger partial charge >= 0.3 is 0 Å². The number of benzene rings is 2. The molecule has 0 spiro atoms. The largest absolute Gasteiger partial charge is 0.494 e. The van der Waals surface area contributed by atoms with E-state index >= 15 is 0 Å². The van der Waals surface area contributed by atoms with Gasteiger partial charge in [0.25, 0.3) is 0 Å². The first kappa shape index (κ1) is 24.8. The Morgan fingerprint density at radius 3 is 2.56 bits per heavy atom. The molecule has 1 fully saturated rings. The zero-order valence-electron chi connectivity index (χ0n) is 19.6. The van der Waals surface area contributed by atoms with E-state index in [9.17, 15) is 9.59 Å². The van der Waals surface area contributed by atoms with Gasteiger partial charge in [0.1, 0.15) is 5.75 Å². The molecule has 1 saturated heterocycles. The summed E-state index contributed by atoms with van der Waals surface area (Å²) in [4.78, 5) is 30.7. The highest BCUT2D eigenvalue weighted by molar-refractivity contribution is 6.43. The van der Waals surface area contributed by atoms with Crippen molar-refractivity contribution in [2.24, 2.45) is 0 Å². The average molecular weight is 504 g/mol. The first-order valence-electron chi connectivity index (χ1n) is 12.0. The van der Waals surface area contributed by atoms with E-state index in [2.05, 4.69) is 9.80 Å². The third kappa shape index (κ3) is 5.68. The van der Waals surface area contributed by atoms with Crippen molar-refractivity contribution in [3.8, 4) is 5.75 Å². The van der Waals surface area contributed by atoms with Gasteiger partial charge in [-0.3, -0.25) is 19.4 Å². The SMILES string of the molecule is CCC(=O)N1C(=O)CCc2ccc(OCCCCN3CCN(c4cccc(Cl)c4Cl)CC3)cc21. The number of rotatable bonds is 8. The van der Waals surface area contributed by atoms with Gasteiger partial charge in [0.2, 0.25) is 11.8 Å². The van der Waals surface area contributed by atoms with Crippen molar-refractivity contribution >= 4 is 46.4 Å². The van der Waals surface area contributed by atoms with Gasteiger partial charge in [-0.2, -0.15) is 0 Å². The van der Waals surface area contributed by atoms with E-state index in [0.29, 0.717) is 47.4 Å². The molecule has 0 bridgehead atoms. The Bertz CT molecular complexity index is 1040. The van der Waals surface area contributed by atoms with Gasteiger partial charge in [-0.05, 0) is 49.6 Å². The fraction of sp³-hybridized carbons (Fsp3) is 0.462. The van der Waals surface area contributed by atoms with Crippen LogP contribution in [0.3, 0.4) is 0 Å². The van der Waals surface area contributed by atoms with Crippen molar-refractivity contribution in [2.45, 2.75) is 39.0 Å². The number of hydrogen-bond donors (Lipinski definition) is 0. The Labute approximate surface area is 211 Å². The second-order valence-corrected chi connectivity index (χ2v) is 9.51. The van der Waals surface area contributed by atoms with Crippen LogP contribution in [0.1, 0.15) is 38.2 Å². The molecule has 4 rings (SSSR count). The molecule has 2 aliphatic heterocycles. The maximum Gasteiger partial charge on any atom is 0.234 e. The van der Waals surface area contributed by atoms with Gasteiger partial charge in [0, 0.05) is 45.1 Å². The molecule has 0 saturated carbocycles. The van der Waals surface area contributed by atoms with Gasteiger partial charge < -0.3 is 9.64 Å². The van der Waals surface area contributed by atoms with Crippen molar-refractivity contribution < 1.29 is 14.3 Å². The van der Waals surface area contributed by atoms with Crippen molar-refractivity contribution in [2.75, 3.05) is 49.1 Å². The van der Waals surface area contributed by atoms with E-state index in [4.69, 9.17) is 27.9 Å². The Kier molecular flexibility index (Phi) is 8.35. The number of amides is 2. The fourth-order valence-electron chi connectivity index (χ4n) is 4.55.